The van der Waals surface area contributed by atoms with Crippen LogP contribution in [0.5, 0.6) is 5.75 Å². The summed E-state index contributed by atoms with van der Waals surface area (Å²) in [7, 11) is 0. The molecule has 45 heavy (non-hydrogen) atoms. The molecule has 2 heterocycles. The zero-order valence-corrected chi connectivity index (χ0v) is 26.1. The standard InChI is InChI=1S/C33H35F3N6O2S/c1-22(2)28-7-4-5-8-29(28)41-17-6-18-45-32(41)39-31(43)37-20-23(3)19-24-9-11-25(12-10-24)30-38-21-42(40-30)26-13-15-27(16-14-26)44-33(34,35)36/h4-5,7-16,21-23H,6,17-20H2,1-3H3,(H,37,43)/b39-32-. The van der Waals surface area contributed by atoms with Crippen molar-refractivity contribution in [3.05, 3.63) is 90.3 Å². The summed E-state index contributed by atoms with van der Waals surface area (Å²) in [6.45, 7) is 7.74. The van der Waals surface area contributed by atoms with Crippen LogP contribution in [0.1, 0.15) is 44.2 Å². The van der Waals surface area contributed by atoms with Crippen LogP contribution in [-0.2, 0) is 6.42 Å². The Morgan fingerprint density at radius 2 is 1.78 bits per heavy atom. The van der Waals surface area contributed by atoms with Crippen molar-refractivity contribution in [3.8, 4) is 22.8 Å². The molecule has 0 spiro atoms. The van der Waals surface area contributed by atoms with Crippen LogP contribution in [0.4, 0.5) is 23.7 Å². The fraction of sp³-hybridized carbons (Fsp3) is 0.333. The second kappa shape index (κ2) is 14.2. The van der Waals surface area contributed by atoms with Gasteiger partial charge in [-0.15, -0.1) is 18.3 Å². The zero-order chi connectivity index (χ0) is 32.0. The first kappa shape index (κ1) is 32.1. The molecular formula is C33H35F3N6O2S. The van der Waals surface area contributed by atoms with E-state index >= 15 is 0 Å². The molecule has 0 saturated carbocycles. The number of anilines is 1. The van der Waals surface area contributed by atoms with Crippen LogP contribution in [0.2, 0.25) is 0 Å². The molecule has 1 unspecified atom stereocenters. The van der Waals surface area contributed by atoms with E-state index in [4.69, 9.17) is 0 Å². The van der Waals surface area contributed by atoms with Gasteiger partial charge in [-0.25, -0.2) is 14.5 Å². The number of para-hydroxylation sites is 1. The van der Waals surface area contributed by atoms with E-state index in [1.807, 2.05) is 36.4 Å². The van der Waals surface area contributed by atoms with Gasteiger partial charge in [0.1, 0.15) is 12.1 Å². The molecular weight excluding hydrogens is 601 g/mol. The summed E-state index contributed by atoms with van der Waals surface area (Å²) in [4.78, 5) is 23.8. The zero-order valence-electron chi connectivity index (χ0n) is 25.3. The predicted octanol–water partition coefficient (Wildman–Crippen LogP) is 7.84. The maximum absolute atomic E-state index is 12.8. The summed E-state index contributed by atoms with van der Waals surface area (Å²) < 4.78 is 42.7. The molecule has 0 aliphatic carbocycles. The van der Waals surface area contributed by atoms with Crippen LogP contribution in [-0.4, -0.2) is 51.2 Å². The molecule has 2 amide bonds. The normalized spacial score (nSPS) is 15.4. The van der Waals surface area contributed by atoms with Crippen molar-refractivity contribution in [2.24, 2.45) is 10.9 Å². The molecule has 0 bridgehead atoms. The number of carbonyl (C=O) groups is 1. The minimum atomic E-state index is -4.74. The van der Waals surface area contributed by atoms with Gasteiger partial charge in [-0.2, -0.15) is 4.99 Å². The highest BCUT2D eigenvalue weighted by molar-refractivity contribution is 8.14. The first-order valence-electron chi connectivity index (χ1n) is 14.8. The van der Waals surface area contributed by atoms with E-state index in [-0.39, 0.29) is 17.7 Å². The number of alkyl halides is 3. The van der Waals surface area contributed by atoms with Crippen LogP contribution in [0.3, 0.4) is 0 Å². The van der Waals surface area contributed by atoms with E-state index in [2.05, 4.69) is 62.9 Å². The third-order valence-electron chi connectivity index (χ3n) is 7.26. The van der Waals surface area contributed by atoms with Crippen molar-refractivity contribution < 1.29 is 22.7 Å². The third-order valence-corrected chi connectivity index (χ3v) is 8.32. The molecule has 1 aliphatic heterocycles. The number of thioether (sulfide) groups is 1. The van der Waals surface area contributed by atoms with Crippen LogP contribution in [0.15, 0.2) is 84.1 Å². The van der Waals surface area contributed by atoms with E-state index in [1.165, 1.54) is 40.8 Å². The average Bonchev–Trinajstić information content (AvgIpc) is 3.51. The Morgan fingerprint density at radius 3 is 2.49 bits per heavy atom. The topological polar surface area (TPSA) is 84.6 Å². The molecule has 4 aromatic rings. The molecule has 1 aliphatic rings. The Hall–Kier alpha value is -4.32. The maximum Gasteiger partial charge on any atom is 0.573 e. The van der Waals surface area contributed by atoms with Crippen molar-refractivity contribution in [1.29, 1.82) is 0 Å². The van der Waals surface area contributed by atoms with Crippen LogP contribution >= 0.6 is 11.8 Å². The Morgan fingerprint density at radius 1 is 1.04 bits per heavy atom. The summed E-state index contributed by atoms with van der Waals surface area (Å²) >= 11 is 1.61. The van der Waals surface area contributed by atoms with Crippen molar-refractivity contribution >= 4 is 28.6 Å². The molecule has 3 aromatic carbocycles. The summed E-state index contributed by atoms with van der Waals surface area (Å²) in [5.74, 6) is 1.66. The van der Waals surface area contributed by atoms with Gasteiger partial charge in [-0.05, 0) is 66.1 Å². The Bertz CT molecular complexity index is 1620. The molecule has 1 atom stereocenters. The van der Waals surface area contributed by atoms with E-state index in [0.717, 1.165) is 47.1 Å². The minimum absolute atomic E-state index is 0.179. The van der Waals surface area contributed by atoms with Crippen molar-refractivity contribution in [2.45, 2.75) is 45.9 Å². The van der Waals surface area contributed by atoms with Crippen molar-refractivity contribution in [1.82, 2.24) is 20.1 Å². The Labute approximate surface area is 264 Å². The highest BCUT2D eigenvalue weighted by atomic mass is 32.2. The monoisotopic (exact) mass is 636 g/mol. The third kappa shape index (κ3) is 8.65. The smallest absolute Gasteiger partial charge is 0.406 e. The highest BCUT2D eigenvalue weighted by Crippen LogP contribution is 2.32. The highest BCUT2D eigenvalue weighted by Gasteiger charge is 2.31. The first-order valence-corrected chi connectivity index (χ1v) is 15.8. The molecule has 8 nitrogen and oxygen atoms in total. The first-order chi connectivity index (χ1) is 21.6. The lowest BCUT2D eigenvalue weighted by atomic mass is 10.00. The van der Waals surface area contributed by atoms with E-state index in [9.17, 15) is 18.0 Å². The fourth-order valence-corrected chi connectivity index (χ4v) is 6.02. The van der Waals surface area contributed by atoms with Crippen LogP contribution < -0.4 is 15.0 Å². The lowest BCUT2D eigenvalue weighted by molar-refractivity contribution is -0.274. The number of carbonyl (C=O) groups excluding carboxylic acids is 1. The molecule has 5 rings (SSSR count). The molecule has 0 radical (unpaired) electrons. The van der Waals surface area contributed by atoms with Gasteiger partial charge in [0.15, 0.2) is 11.0 Å². The van der Waals surface area contributed by atoms with Crippen molar-refractivity contribution in [2.75, 3.05) is 23.7 Å². The molecule has 1 N–H and O–H groups in total. The summed E-state index contributed by atoms with van der Waals surface area (Å²) in [5.41, 5.74) is 4.81. The summed E-state index contributed by atoms with van der Waals surface area (Å²) in [5, 5.41) is 8.17. The van der Waals surface area contributed by atoms with E-state index in [0.29, 0.717) is 24.0 Å². The lowest BCUT2D eigenvalue weighted by Gasteiger charge is -2.31. The number of aliphatic imine (C=N–C) groups is 1. The minimum Gasteiger partial charge on any atom is -0.406 e. The molecule has 1 saturated heterocycles. The quantitative estimate of drug-likeness (QED) is 0.202. The van der Waals surface area contributed by atoms with Gasteiger partial charge in [0.05, 0.1) is 5.69 Å². The van der Waals surface area contributed by atoms with Crippen LogP contribution in [0.25, 0.3) is 17.1 Å². The van der Waals surface area contributed by atoms with Gasteiger partial charge in [0.25, 0.3) is 0 Å². The second-order valence-electron chi connectivity index (χ2n) is 11.2. The van der Waals surface area contributed by atoms with Gasteiger partial charge in [0.2, 0.25) is 0 Å². The second-order valence-corrected chi connectivity index (χ2v) is 12.3. The SMILES string of the molecule is CC(CNC(=O)/N=C1\SCCCN1c1ccccc1C(C)C)Cc1ccc(-c2ncn(-c3ccc(OC(F)(F)F)cc3)n2)cc1. The van der Waals surface area contributed by atoms with E-state index in [1.54, 1.807) is 11.8 Å². The Balaban J connectivity index is 1.15. The van der Waals surface area contributed by atoms with Gasteiger partial charge >= 0.3 is 12.4 Å². The van der Waals surface area contributed by atoms with Gasteiger partial charge in [-0.3, -0.25) is 0 Å². The number of aromatic nitrogens is 3. The van der Waals surface area contributed by atoms with Gasteiger partial charge < -0.3 is 15.0 Å². The number of hydrogen-bond acceptors (Lipinski definition) is 5. The van der Waals surface area contributed by atoms with Crippen LogP contribution in [0, 0.1) is 5.92 Å². The van der Waals surface area contributed by atoms with E-state index < -0.39 is 6.36 Å². The number of hydrogen-bond donors (Lipinski definition) is 1. The Kier molecular flexibility index (Phi) is 10.1. The number of amidine groups is 1. The molecule has 1 fully saturated rings. The lowest BCUT2D eigenvalue weighted by Crippen LogP contribution is -2.37. The molecule has 236 valence electrons. The predicted molar refractivity (Wildman–Crippen MR) is 172 cm³/mol. The number of halogens is 3. The van der Waals surface area contributed by atoms with Gasteiger partial charge in [0, 0.05) is 30.1 Å². The fourth-order valence-electron chi connectivity index (χ4n) is 5.07. The number of benzene rings is 3. The number of urea groups is 1. The number of amides is 2. The summed E-state index contributed by atoms with van der Waals surface area (Å²) in [6, 6.07) is 21.2. The summed E-state index contributed by atoms with van der Waals surface area (Å²) in [6.07, 6.45) is -1.45. The molecule has 1 aromatic heterocycles. The largest absolute Gasteiger partial charge is 0.573 e. The van der Waals surface area contributed by atoms with Crippen molar-refractivity contribution in [3.63, 3.8) is 0 Å². The number of nitrogens with one attached hydrogen (secondary N) is 1. The van der Waals surface area contributed by atoms with Gasteiger partial charge in [-0.1, -0.05) is 75.0 Å². The average molecular weight is 637 g/mol. The number of rotatable bonds is 9. The molecule has 12 heteroatoms. The number of ether oxygens (including phenoxy) is 1. The number of nitrogens with zero attached hydrogens (tertiary/aromatic N) is 5. The maximum atomic E-state index is 12.8.